The van der Waals surface area contributed by atoms with Crippen molar-refractivity contribution in [2.24, 2.45) is 0 Å². The fraction of sp³-hybridized carbons (Fsp3) is 0.370. The molecule has 0 aliphatic carbocycles. The molecule has 182 valence electrons. The van der Waals surface area contributed by atoms with E-state index in [4.69, 9.17) is 14.6 Å². The standard InChI is InChI=1S/C27H31N5O3/c1-34-25-10-3-2-7-21(25)8-6-13-30-14-11-24-23(20-30)26(27(33)31-15-17-35-18-16-31)29-32(24)19-22-9-4-5-12-28-22/h2-10,12H,11,13-20H2,1H3. The minimum Gasteiger partial charge on any atom is -0.496 e. The predicted molar refractivity (Wildman–Crippen MR) is 133 cm³/mol. The second-order valence-corrected chi connectivity index (χ2v) is 8.79. The van der Waals surface area contributed by atoms with Crippen LogP contribution < -0.4 is 4.74 Å². The topological polar surface area (TPSA) is 72.7 Å². The number of para-hydroxylation sites is 1. The van der Waals surface area contributed by atoms with Gasteiger partial charge >= 0.3 is 0 Å². The lowest BCUT2D eigenvalue weighted by molar-refractivity contribution is 0.0297. The van der Waals surface area contributed by atoms with Gasteiger partial charge in [-0.25, -0.2) is 0 Å². The molecule has 0 atom stereocenters. The Morgan fingerprint density at radius 3 is 2.74 bits per heavy atom. The Hall–Kier alpha value is -3.49. The van der Waals surface area contributed by atoms with Crippen LogP contribution in [0.2, 0.25) is 0 Å². The Morgan fingerprint density at radius 2 is 1.94 bits per heavy atom. The van der Waals surface area contributed by atoms with Crippen molar-refractivity contribution in [3.05, 3.63) is 82.9 Å². The largest absolute Gasteiger partial charge is 0.496 e. The van der Waals surface area contributed by atoms with Gasteiger partial charge in [0.1, 0.15) is 5.75 Å². The number of hydrogen-bond donors (Lipinski definition) is 0. The van der Waals surface area contributed by atoms with Crippen molar-refractivity contribution in [3.8, 4) is 5.75 Å². The van der Waals surface area contributed by atoms with Crippen molar-refractivity contribution in [2.75, 3.05) is 46.5 Å². The van der Waals surface area contributed by atoms with E-state index in [1.54, 1.807) is 13.3 Å². The summed E-state index contributed by atoms with van der Waals surface area (Å²) in [6.45, 7) is 5.30. The number of methoxy groups -OCH3 is 1. The average Bonchev–Trinajstić information content (AvgIpc) is 3.27. The summed E-state index contributed by atoms with van der Waals surface area (Å²) in [5.74, 6) is 0.856. The summed E-state index contributed by atoms with van der Waals surface area (Å²) in [6, 6.07) is 13.9. The van der Waals surface area contributed by atoms with Crippen LogP contribution in [0.3, 0.4) is 0 Å². The summed E-state index contributed by atoms with van der Waals surface area (Å²) < 4.78 is 12.9. The number of nitrogens with zero attached hydrogens (tertiary/aromatic N) is 5. The number of amides is 1. The molecule has 1 fully saturated rings. The van der Waals surface area contributed by atoms with E-state index in [1.807, 2.05) is 52.0 Å². The van der Waals surface area contributed by atoms with Gasteiger partial charge in [0.15, 0.2) is 5.69 Å². The molecule has 0 bridgehead atoms. The van der Waals surface area contributed by atoms with Crippen LogP contribution in [0, 0.1) is 0 Å². The Bertz CT molecular complexity index is 1180. The molecule has 2 aliphatic rings. The second kappa shape index (κ2) is 10.8. The summed E-state index contributed by atoms with van der Waals surface area (Å²) in [5.41, 5.74) is 4.73. The molecule has 0 N–H and O–H groups in total. The fourth-order valence-corrected chi connectivity index (χ4v) is 4.70. The molecule has 1 saturated heterocycles. The van der Waals surface area contributed by atoms with E-state index >= 15 is 0 Å². The minimum atomic E-state index is -0.00395. The zero-order valence-electron chi connectivity index (χ0n) is 20.1. The first-order chi connectivity index (χ1) is 17.2. The number of carbonyl (C=O) groups is 1. The zero-order chi connectivity index (χ0) is 24.0. The molecular weight excluding hydrogens is 442 g/mol. The molecule has 0 radical (unpaired) electrons. The number of rotatable bonds is 7. The van der Waals surface area contributed by atoms with E-state index in [1.165, 1.54) is 0 Å². The van der Waals surface area contributed by atoms with Gasteiger partial charge in [-0.05, 0) is 18.2 Å². The minimum absolute atomic E-state index is 0.00395. The number of hydrogen-bond acceptors (Lipinski definition) is 6. The van der Waals surface area contributed by atoms with Crippen LogP contribution in [0.25, 0.3) is 6.08 Å². The van der Waals surface area contributed by atoms with E-state index in [2.05, 4.69) is 22.0 Å². The number of morpholine rings is 1. The molecule has 2 aromatic heterocycles. The number of benzene rings is 1. The predicted octanol–water partition coefficient (Wildman–Crippen LogP) is 2.88. The van der Waals surface area contributed by atoms with Crippen molar-refractivity contribution in [1.29, 1.82) is 0 Å². The number of fused-ring (bicyclic) bond motifs is 1. The molecular formula is C27H31N5O3. The molecule has 0 spiro atoms. The van der Waals surface area contributed by atoms with Crippen LogP contribution >= 0.6 is 0 Å². The number of aromatic nitrogens is 3. The van der Waals surface area contributed by atoms with Gasteiger partial charge in [0, 0.05) is 62.2 Å². The summed E-state index contributed by atoms with van der Waals surface area (Å²) in [4.78, 5) is 22.1. The third-order valence-electron chi connectivity index (χ3n) is 6.55. The van der Waals surface area contributed by atoms with E-state index in [9.17, 15) is 4.79 Å². The van der Waals surface area contributed by atoms with E-state index < -0.39 is 0 Å². The highest BCUT2D eigenvalue weighted by atomic mass is 16.5. The smallest absolute Gasteiger partial charge is 0.274 e. The summed E-state index contributed by atoms with van der Waals surface area (Å²) in [5, 5.41) is 4.83. The van der Waals surface area contributed by atoms with Gasteiger partial charge in [-0.1, -0.05) is 36.4 Å². The van der Waals surface area contributed by atoms with Gasteiger partial charge in [-0.3, -0.25) is 19.4 Å². The molecule has 3 aromatic rings. The second-order valence-electron chi connectivity index (χ2n) is 8.79. The van der Waals surface area contributed by atoms with Crippen LogP contribution in [0.1, 0.15) is 33.0 Å². The number of carbonyl (C=O) groups excluding carboxylic acids is 1. The first kappa shape index (κ1) is 23.3. The van der Waals surface area contributed by atoms with E-state index in [-0.39, 0.29) is 5.91 Å². The Labute approximate surface area is 205 Å². The quantitative estimate of drug-likeness (QED) is 0.526. The van der Waals surface area contributed by atoms with Crippen LogP contribution in [0.5, 0.6) is 5.75 Å². The van der Waals surface area contributed by atoms with Gasteiger partial charge < -0.3 is 14.4 Å². The monoisotopic (exact) mass is 473 g/mol. The van der Waals surface area contributed by atoms with E-state index in [0.717, 1.165) is 47.8 Å². The van der Waals surface area contributed by atoms with Crippen LogP contribution in [-0.2, 0) is 24.2 Å². The molecule has 4 heterocycles. The molecule has 0 saturated carbocycles. The Kier molecular flexibility index (Phi) is 7.20. The molecule has 5 rings (SSSR count). The third-order valence-corrected chi connectivity index (χ3v) is 6.55. The molecule has 8 nitrogen and oxygen atoms in total. The van der Waals surface area contributed by atoms with Crippen molar-refractivity contribution in [3.63, 3.8) is 0 Å². The van der Waals surface area contributed by atoms with Crippen molar-refractivity contribution in [2.45, 2.75) is 19.5 Å². The van der Waals surface area contributed by atoms with Crippen LogP contribution in [-0.4, -0.2) is 77.0 Å². The molecule has 2 aliphatic heterocycles. The number of pyridine rings is 1. The van der Waals surface area contributed by atoms with Gasteiger partial charge in [-0.15, -0.1) is 0 Å². The maximum atomic E-state index is 13.4. The first-order valence-electron chi connectivity index (χ1n) is 12.1. The summed E-state index contributed by atoms with van der Waals surface area (Å²) in [6.07, 6.45) is 6.89. The third kappa shape index (κ3) is 5.28. The summed E-state index contributed by atoms with van der Waals surface area (Å²) >= 11 is 0. The SMILES string of the molecule is COc1ccccc1C=CCN1CCc2c(c(C(=O)N3CCOCC3)nn2Cc2ccccn2)C1. The Balaban J connectivity index is 1.37. The average molecular weight is 474 g/mol. The zero-order valence-corrected chi connectivity index (χ0v) is 20.1. The van der Waals surface area contributed by atoms with Gasteiger partial charge in [-0.2, -0.15) is 5.10 Å². The summed E-state index contributed by atoms with van der Waals surface area (Å²) in [7, 11) is 1.69. The molecule has 1 aromatic carbocycles. The lowest BCUT2D eigenvalue weighted by Gasteiger charge is -2.28. The maximum absolute atomic E-state index is 13.4. The molecule has 8 heteroatoms. The van der Waals surface area contributed by atoms with Crippen molar-refractivity contribution in [1.82, 2.24) is 24.6 Å². The molecule has 0 unspecified atom stereocenters. The highest BCUT2D eigenvalue weighted by Gasteiger charge is 2.30. The number of ether oxygens (including phenoxy) is 2. The van der Waals surface area contributed by atoms with Gasteiger partial charge in [0.05, 0.1) is 32.6 Å². The normalized spacial score (nSPS) is 16.4. The molecule has 1 amide bonds. The molecule has 35 heavy (non-hydrogen) atoms. The first-order valence-corrected chi connectivity index (χ1v) is 12.1. The van der Waals surface area contributed by atoms with Gasteiger partial charge in [0.25, 0.3) is 5.91 Å². The van der Waals surface area contributed by atoms with Crippen LogP contribution in [0.4, 0.5) is 0 Å². The van der Waals surface area contributed by atoms with E-state index in [0.29, 0.717) is 45.1 Å². The highest BCUT2D eigenvalue weighted by molar-refractivity contribution is 5.94. The highest BCUT2D eigenvalue weighted by Crippen LogP contribution is 2.25. The lowest BCUT2D eigenvalue weighted by Crippen LogP contribution is -2.41. The fourth-order valence-electron chi connectivity index (χ4n) is 4.70. The maximum Gasteiger partial charge on any atom is 0.274 e. The Morgan fingerprint density at radius 1 is 1.11 bits per heavy atom. The van der Waals surface area contributed by atoms with Crippen molar-refractivity contribution < 1.29 is 14.3 Å². The van der Waals surface area contributed by atoms with Crippen LogP contribution in [0.15, 0.2) is 54.7 Å². The van der Waals surface area contributed by atoms with Gasteiger partial charge in [0.2, 0.25) is 0 Å². The lowest BCUT2D eigenvalue weighted by atomic mass is 10.0. The van der Waals surface area contributed by atoms with Crippen molar-refractivity contribution >= 4 is 12.0 Å².